The molecule has 8 nitrogen and oxygen atoms in total. The van der Waals surface area contributed by atoms with Crippen LogP contribution in [0.15, 0.2) is 41.3 Å². The molecule has 1 saturated heterocycles. The number of methoxy groups -OCH3 is 2. The number of aryl methyl sites for hydroxylation is 1. The number of nitrogens with one attached hydrogen (secondary N) is 1. The largest absolute Gasteiger partial charge is 0.493 e. The summed E-state index contributed by atoms with van der Waals surface area (Å²) in [5.74, 6) is 0.811. The summed E-state index contributed by atoms with van der Waals surface area (Å²) < 4.78 is 43.1. The molecule has 1 amide bonds. The predicted molar refractivity (Wildman–Crippen MR) is 111 cm³/mol. The molecule has 1 heterocycles. The third-order valence-corrected chi connectivity index (χ3v) is 6.98. The lowest BCUT2D eigenvalue weighted by Crippen LogP contribution is -2.41. The maximum atomic E-state index is 13.0. The summed E-state index contributed by atoms with van der Waals surface area (Å²) in [6, 6.07) is 10.1. The number of amides is 1. The molecule has 9 heteroatoms. The molecule has 0 spiro atoms. The molecule has 0 atom stereocenters. The molecule has 0 aliphatic carbocycles. The quantitative estimate of drug-likeness (QED) is 0.716. The maximum absolute atomic E-state index is 13.0. The molecule has 162 valence electrons. The smallest absolute Gasteiger partial charge is 0.251 e. The second-order valence-electron chi connectivity index (χ2n) is 6.87. The standard InChI is InChI=1S/C21H26N2O6S/c1-15-4-6-17(13-20(15)30(25,26)23-8-10-29-11-9-23)21(24)22-14-16-5-7-18(27-2)19(12-16)28-3/h4-7,12-13H,8-11,14H2,1-3H3,(H,22,24). The highest BCUT2D eigenvalue weighted by Gasteiger charge is 2.28. The zero-order valence-electron chi connectivity index (χ0n) is 17.3. The number of sulfonamides is 1. The minimum atomic E-state index is -3.69. The van der Waals surface area contributed by atoms with E-state index in [-0.39, 0.29) is 22.9 Å². The van der Waals surface area contributed by atoms with Crippen LogP contribution in [-0.4, -0.2) is 59.2 Å². The van der Waals surface area contributed by atoms with Crippen molar-refractivity contribution in [2.75, 3.05) is 40.5 Å². The van der Waals surface area contributed by atoms with E-state index < -0.39 is 10.0 Å². The fraction of sp³-hybridized carbons (Fsp3) is 0.381. The van der Waals surface area contributed by atoms with E-state index in [0.29, 0.717) is 43.4 Å². The van der Waals surface area contributed by atoms with Crippen LogP contribution >= 0.6 is 0 Å². The Bertz CT molecular complexity index is 1020. The van der Waals surface area contributed by atoms with Crippen molar-refractivity contribution >= 4 is 15.9 Å². The average Bonchev–Trinajstić information content (AvgIpc) is 2.77. The van der Waals surface area contributed by atoms with Crippen molar-refractivity contribution in [3.05, 3.63) is 53.1 Å². The van der Waals surface area contributed by atoms with Crippen molar-refractivity contribution in [2.24, 2.45) is 0 Å². The third-order valence-electron chi connectivity index (χ3n) is 4.94. The molecule has 30 heavy (non-hydrogen) atoms. The van der Waals surface area contributed by atoms with Gasteiger partial charge >= 0.3 is 0 Å². The predicted octanol–water partition coefficient (Wildman–Crippen LogP) is 1.96. The normalized spacial score (nSPS) is 14.9. The zero-order valence-corrected chi connectivity index (χ0v) is 18.1. The van der Waals surface area contributed by atoms with Gasteiger partial charge in [-0.15, -0.1) is 0 Å². The minimum Gasteiger partial charge on any atom is -0.493 e. The lowest BCUT2D eigenvalue weighted by molar-refractivity contribution is 0.0730. The number of ether oxygens (including phenoxy) is 3. The SMILES string of the molecule is COc1ccc(CNC(=O)c2ccc(C)c(S(=O)(=O)N3CCOCC3)c2)cc1OC. The Morgan fingerprint density at radius 3 is 2.43 bits per heavy atom. The van der Waals surface area contributed by atoms with Gasteiger partial charge in [-0.25, -0.2) is 8.42 Å². The molecule has 1 fully saturated rings. The Morgan fingerprint density at radius 2 is 1.77 bits per heavy atom. The summed E-state index contributed by atoms with van der Waals surface area (Å²) in [5.41, 5.74) is 1.71. The maximum Gasteiger partial charge on any atom is 0.251 e. The molecule has 3 rings (SSSR count). The van der Waals surface area contributed by atoms with Crippen LogP contribution in [0.4, 0.5) is 0 Å². The second kappa shape index (κ2) is 9.46. The Morgan fingerprint density at radius 1 is 1.07 bits per heavy atom. The van der Waals surface area contributed by atoms with E-state index >= 15 is 0 Å². The van der Waals surface area contributed by atoms with Crippen LogP contribution < -0.4 is 14.8 Å². The topological polar surface area (TPSA) is 94.2 Å². The van der Waals surface area contributed by atoms with Crippen molar-refractivity contribution in [2.45, 2.75) is 18.4 Å². The van der Waals surface area contributed by atoms with Gasteiger partial charge in [-0.05, 0) is 42.3 Å². The molecule has 0 aromatic heterocycles. The van der Waals surface area contributed by atoms with Gasteiger partial charge in [-0.1, -0.05) is 12.1 Å². The number of morpholine rings is 1. The van der Waals surface area contributed by atoms with E-state index in [0.717, 1.165) is 5.56 Å². The van der Waals surface area contributed by atoms with Crippen LogP contribution in [0.5, 0.6) is 11.5 Å². The van der Waals surface area contributed by atoms with Gasteiger partial charge in [0.05, 0.1) is 32.3 Å². The Hall–Kier alpha value is -2.62. The molecule has 2 aromatic carbocycles. The number of carbonyl (C=O) groups is 1. The van der Waals surface area contributed by atoms with Crippen LogP contribution in [-0.2, 0) is 21.3 Å². The molecule has 0 bridgehead atoms. The fourth-order valence-electron chi connectivity index (χ4n) is 3.22. The van der Waals surface area contributed by atoms with Gasteiger partial charge in [0.1, 0.15) is 0 Å². The summed E-state index contributed by atoms with van der Waals surface area (Å²) >= 11 is 0. The highest BCUT2D eigenvalue weighted by molar-refractivity contribution is 7.89. The van der Waals surface area contributed by atoms with E-state index in [1.807, 2.05) is 6.07 Å². The number of hydrogen-bond acceptors (Lipinski definition) is 6. The van der Waals surface area contributed by atoms with Crippen molar-refractivity contribution in [1.82, 2.24) is 9.62 Å². The highest BCUT2D eigenvalue weighted by Crippen LogP contribution is 2.27. The molecular formula is C21H26N2O6S. The highest BCUT2D eigenvalue weighted by atomic mass is 32.2. The number of carbonyl (C=O) groups excluding carboxylic acids is 1. The van der Waals surface area contributed by atoms with Gasteiger partial charge in [0.2, 0.25) is 10.0 Å². The first kappa shape index (κ1) is 22.1. The molecule has 1 N–H and O–H groups in total. The van der Waals surface area contributed by atoms with Crippen molar-refractivity contribution < 1.29 is 27.4 Å². The monoisotopic (exact) mass is 434 g/mol. The molecule has 0 unspecified atom stereocenters. The van der Waals surface area contributed by atoms with Gasteiger partial charge in [0, 0.05) is 25.2 Å². The summed E-state index contributed by atoms with van der Waals surface area (Å²) in [6.07, 6.45) is 0. The molecule has 0 radical (unpaired) electrons. The van der Waals surface area contributed by atoms with E-state index in [1.54, 1.807) is 45.4 Å². The lowest BCUT2D eigenvalue weighted by Gasteiger charge is -2.26. The summed E-state index contributed by atoms with van der Waals surface area (Å²) in [6.45, 7) is 3.32. The Balaban J connectivity index is 1.76. The first-order valence-electron chi connectivity index (χ1n) is 9.54. The van der Waals surface area contributed by atoms with Crippen LogP contribution in [0.3, 0.4) is 0 Å². The van der Waals surface area contributed by atoms with Crippen LogP contribution in [0, 0.1) is 6.92 Å². The van der Waals surface area contributed by atoms with Crippen molar-refractivity contribution in [3.8, 4) is 11.5 Å². The minimum absolute atomic E-state index is 0.142. The van der Waals surface area contributed by atoms with Gasteiger partial charge in [-0.3, -0.25) is 4.79 Å². The number of nitrogens with zero attached hydrogens (tertiary/aromatic N) is 1. The molecule has 2 aromatic rings. The van der Waals surface area contributed by atoms with Crippen molar-refractivity contribution in [1.29, 1.82) is 0 Å². The first-order chi connectivity index (χ1) is 14.4. The fourth-order valence-corrected chi connectivity index (χ4v) is 4.88. The zero-order chi connectivity index (χ0) is 21.7. The summed E-state index contributed by atoms with van der Waals surface area (Å²) in [5, 5.41) is 2.82. The molecule has 0 saturated carbocycles. The van der Waals surface area contributed by atoms with Gasteiger partial charge in [-0.2, -0.15) is 4.31 Å². The van der Waals surface area contributed by atoms with Crippen LogP contribution in [0.25, 0.3) is 0 Å². The van der Waals surface area contributed by atoms with Crippen LogP contribution in [0.1, 0.15) is 21.5 Å². The van der Waals surface area contributed by atoms with E-state index in [4.69, 9.17) is 14.2 Å². The summed E-state index contributed by atoms with van der Waals surface area (Å²) in [4.78, 5) is 12.8. The first-order valence-corrected chi connectivity index (χ1v) is 11.0. The van der Waals surface area contributed by atoms with Gasteiger partial charge < -0.3 is 19.5 Å². The number of hydrogen-bond donors (Lipinski definition) is 1. The number of benzene rings is 2. The van der Waals surface area contributed by atoms with E-state index in [9.17, 15) is 13.2 Å². The molecule has 1 aliphatic rings. The molecule has 1 aliphatic heterocycles. The van der Waals surface area contributed by atoms with Crippen LogP contribution in [0.2, 0.25) is 0 Å². The van der Waals surface area contributed by atoms with Gasteiger partial charge in [0.15, 0.2) is 11.5 Å². The second-order valence-corrected chi connectivity index (χ2v) is 8.78. The Kier molecular flexibility index (Phi) is 6.96. The van der Waals surface area contributed by atoms with Gasteiger partial charge in [0.25, 0.3) is 5.91 Å². The lowest BCUT2D eigenvalue weighted by atomic mass is 10.1. The van der Waals surface area contributed by atoms with E-state index in [2.05, 4.69) is 5.32 Å². The molecular weight excluding hydrogens is 408 g/mol. The summed E-state index contributed by atoms with van der Waals surface area (Å²) in [7, 11) is -0.590. The Labute approximate surface area is 176 Å². The third kappa shape index (κ3) is 4.75. The van der Waals surface area contributed by atoms with Crippen molar-refractivity contribution in [3.63, 3.8) is 0 Å². The van der Waals surface area contributed by atoms with E-state index in [1.165, 1.54) is 10.4 Å². The average molecular weight is 435 g/mol. The number of rotatable bonds is 7.